The summed E-state index contributed by atoms with van der Waals surface area (Å²) in [4.78, 5) is 25.5. The van der Waals surface area contributed by atoms with Gasteiger partial charge >= 0.3 is 0 Å². The van der Waals surface area contributed by atoms with E-state index >= 15 is 0 Å². The molecule has 3 N–H and O–H groups in total. The number of rotatable bonds is 6. The Labute approximate surface area is 204 Å². The second kappa shape index (κ2) is 10.9. The molecule has 186 valence electrons. The summed E-state index contributed by atoms with van der Waals surface area (Å²) in [6, 6.07) is 6.62. The van der Waals surface area contributed by atoms with Crippen molar-refractivity contribution in [2.75, 3.05) is 44.2 Å². The molecule has 0 unspecified atom stereocenters. The number of benzene rings is 1. The SMILES string of the molecule is CCN1CCN(c2ccc(S(=O)(=O)[C@H]3CN[C@H](C(=O)NC4(C#N)CC4)C3)c(Cl)c2)CC1.O=CO. The summed E-state index contributed by atoms with van der Waals surface area (Å²) in [5, 5.41) is 21.2. The number of hydrogen-bond donors (Lipinski definition) is 3. The molecule has 0 bridgehead atoms. The molecule has 1 aromatic carbocycles. The van der Waals surface area contributed by atoms with Crippen LogP contribution in [-0.4, -0.2) is 86.9 Å². The largest absolute Gasteiger partial charge is 0.483 e. The monoisotopic (exact) mass is 511 g/mol. The Morgan fingerprint density at radius 1 is 1.35 bits per heavy atom. The van der Waals surface area contributed by atoms with E-state index in [0.717, 1.165) is 38.4 Å². The molecule has 10 nitrogen and oxygen atoms in total. The van der Waals surface area contributed by atoms with Crippen molar-refractivity contribution in [2.24, 2.45) is 0 Å². The first kappa shape index (κ1) is 26.2. The molecule has 3 aliphatic rings. The van der Waals surface area contributed by atoms with Gasteiger partial charge in [0.05, 0.1) is 27.3 Å². The van der Waals surface area contributed by atoms with Crippen molar-refractivity contribution in [3.05, 3.63) is 23.2 Å². The van der Waals surface area contributed by atoms with Crippen molar-refractivity contribution in [3.8, 4) is 6.07 Å². The molecular weight excluding hydrogens is 482 g/mol. The second-order valence-electron chi connectivity index (χ2n) is 8.69. The Morgan fingerprint density at radius 2 is 2.00 bits per heavy atom. The van der Waals surface area contributed by atoms with E-state index in [1.165, 1.54) is 0 Å². The quantitative estimate of drug-likeness (QED) is 0.474. The molecule has 0 radical (unpaired) electrons. The zero-order valence-corrected chi connectivity index (χ0v) is 20.6. The van der Waals surface area contributed by atoms with Crippen LogP contribution in [0.2, 0.25) is 5.02 Å². The molecule has 2 saturated heterocycles. The third kappa shape index (κ3) is 5.81. The summed E-state index contributed by atoms with van der Waals surface area (Å²) in [6.07, 6.45) is 1.44. The van der Waals surface area contributed by atoms with E-state index in [2.05, 4.69) is 33.4 Å². The highest BCUT2D eigenvalue weighted by atomic mass is 35.5. The molecule has 1 aliphatic carbocycles. The minimum absolute atomic E-state index is 0.105. The molecule has 2 atom stereocenters. The number of likely N-dealkylation sites (N-methyl/N-ethyl adjacent to an activating group) is 1. The lowest BCUT2D eigenvalue weighted by Crippen LogP contribution is -2.46. The van der Waals surface area contributed by atoms with Gasteiger partial charge in [0.2, 0.25) is 5.91 Å². The number of nitrogens with zero attached hydrogens (tertiary/aromatic N) is 3. The molecule has 0 spiro atoms. The number of carbonyl (C=O) groups is 2. The van der Waals surface area contributed by atoms with Crippen LogP contribution in [0.5, 0.6) is 0 Å². The number of anilines is 1. The zero-order valence-electron chi connectivity index (χ0n) is 19.0. The molecule has 1 amide bonds. The van der Waals surface area contributed by atoms with Gasteiger partial charge in [0, 0.05) is 38.4 Å². The van der Waals surface area contributed by atoms with Gasteiger partial charge in [-0.15, -0.1) is 0 Å². The number of carboxylic acid groups (broad SMARTS) is 1. The highest BCUT2D eigenvalue weighted by molar-refractivity contribution is 7.92. The van der Waals surface area contributed by atoms with Crippen molar-refractivity contribution < 1.29 is 23.1 Å². The number of nitrogens with one attached hydrogen (secondary N) is 2. The van der Waals surface area contributed by atoms with Gasteiger partial charge in [-0.25, -0.2) is 8.42 Å². The lowest BCUT2D eigenvalue weighted by atomic mass is 10.2. The fourth-order valence-corrected chi connectivity index (χ4v) is 6.48. The summed E-state index contributed by atoms with van der Waals surface area (Å²) in [5.74, 6) is -0.315. The molecule has 4 rings (SSSR count). The number of halogens is 1. The Bertz CT molecular complexity index is 1050. The molecule has 1 saturated carbocycles. The van der Waals surface area contributed by atoms with Crippen molar-refractivity contribution in [1.29, 1.82) is 5.26 Å². The predicted octanol–water partition coefficient (Wildman–Crippen LogP) is 0.859. The standard InChI is InChI=1S/C21H28ClN5O3S.CH2O2/c1-2-26-7-9-27(10-8-26)15-3-4-19(17(22)11-15)31(29,30)16-12-18(24-13-16)20(28)25-21(14-23)5-6-21;2-1-3/h3-4,11,16,18,24H,2,5-10,12-13H2,1H3,(H,25,28);1H,(H,2,3)/t16-,18+;/m1./s1. The first-order valence-corrected chi connectivity index (χ1v) is 13.2. The van der Waals surface area contributed by atoms with Crippen LogP contribution < -0.4 is 15.5 Å². The Kier molecular flexibility index (Phi) is 8.41. The van der Waals surface area contributed by atoms with Crippen LogP contribution in [0.3, 0.4) is 0 Å². The van der Waals surface area contributed by atoms with Crippen LogP contribution in [0.1, 0.15) is 26.2 Å². The van der Waals surface area contributed by atoms with Gasteiger partial charge in [0.25, 0.3) is 6.47 Å². The molecule has 12 heteroatoms. The second-order valence-corrected chi connectivity index (χ2v) is 11.3. The van der Waals surface area contributed by atoms with Crippen LogP contribution in [-0.2, 0) is 19.4 Å². The lowest BCUT2D eigenvalue weighted by Gasteiger charge is -2.35. The van der Waals surface area contributed by atoms with Gasteiger partial charge in [-0.05, 0) is 44.0 Å². The highest BCUT2D eigenvalue weighted by Gasteiger charge is 2.47. The molecule has 0 aromatic heterocycles. The summed E-state index contributed by atoms with van der Waals surface area (Å²) >= 11 is 6.43. The third-order valence-electron chi connectivity index (χ3n) is 6.58. The topological polar surface area (TPSA) is 143 Å². The zero-order chi connectivity index (χ0) is 24.9. The highest BCUT2D eigenvalue weighted by Crippen LogP contribution is 2.35. The van der Waals surface area contributed by atoms with Gasteiger partial charge in [-0.2, -0.15) is 5.26 Å². The average molecular weight is 512 g/mol. The molecule has 34 heavy (non-hydrogen) atoms. The van der Waals surface area contributed by atoms with Crippen LogP contribution in [0, 0.1) is 11.3 Å². The van der Waals surface area contributed by atoms with Crippen LogP contribution in [0.25, 0.3) is 0 Å². The average Bonchev–Trinajstić information content (AvgIpc) is 3.40. The van der Waals surface area contributed by atoms with Crippen molar-refractivity contribution in [2.45, 2.75) is 47.9 Å². The van der Waals surface area contributed by atoms with Gasteiger partial charge in [0.1, 0.15) is 5.54 Å². The van der Waals surface area contributed by atoms with Gasteiger partial charge in [-0.3, -0.25) is 9.59 Å². The fourth-order valence-electron chi connectivity index (χ4n) is 4.27. The molecular formula is C22H30ClN5O5S. The molecule has 2 heterocycles. The van der Waals surface area contributed by atoms with Gasteiger partial charge in [0.15, 0.2) is 9.84 Å². The van der Waals surface area contributed by atoms with E-state index in [4.69, 9.17) is 26.8 Å². The van der Waals surface area contributed by atoms with Gasteiger partial charge in [-0.1, -0.05) is 18.5 Å². The van der Waals surface area contributed by atoms with E-state index in [-0.39, 0.29) is 35.3 Å². The van der Waals surface area contributed by atoms with Gasteiger partial charge < -0.3 is 25.5 Å². The normalized spacial score (nSPS) is 23.9. The number of sulfone groups is 1. The Balaban J connectivity index is 0.00000103. The molecule has 2 aliphatic heterocycles. The van der Waals surface area contributed by atoms with E-state index in [9.17, 15) is 13.2 Å². The smallest absolute Gasteiger partial charge is 0.290 e. The lowest BCUT2D eigenvalue weighted by molar-refractivity contribution is -0.124. The van der Waals surface area contributed by atoms with E-state index < -0.39 is 26.7 Å². The van der Waals surface area contributed by atoms with Crippen molar-refractivity contribution in [3.63, 3.8) is 0 Å². The molecule has 3 fully saturated rings. The number of hydrogen-bond acceptors (Lipinski definition) is 8. The Morgan fingerprint density at radius 3 is 2.53 bits per heavy atom. The number of amides is 1. The first-order chi connectivity index (χ1) is 16.2. The summed E-state index contributed by atoms with van der Waals surface area (Å²) < 4.78 is 26.4. The number of carbonyl (C=O) groups excluding carboxylic acids is 1. The van der Waals surface area contributed by atoms with Crippen LogP contribution >= 0.6 is 11.6 Å². The van der Waals surface area contributed by atoms with E-state index in [0.29, 0.717) is 12.8 Å². The minimum atomic E-state index is -3.70. The number of nitriles is 1. The minimum Gasteiger partial charge on any atom is -0.483 e. The van der Waals surface area contributed by atoms with Crippen LogP contribution in [0.15, 0.2) is 23.1 Å². The maximum absolute atomic E-state index is 13.2. The predicted molar refractivity (Wildman–Crippen MR) is 128 cm³/mol. The first-order valence-electron chi connectivity index (χ1n) is 11.2. The molecule has 1 aromatic rings. The van der Waals surface area contributed by atoms with E-state index in [1.807, 2.05) is 6.07 Å². The maximum atomic E-state index is 13.2. The Hall–Kier alpha value is -2.39. The third-order valence-corrected chi connectivity index (χ3v) is 9.21. The summed E-state index contributed by atoms with van der Waals surface area (Å²) in [5.41, 5.74) is 0.157. The summed E-state index contributed by atoms with van der Waals surface area (Å²) in [6.45, 7) is 6.80. The maximum Gasteiger partial charge on any atom is 0.290 e. The number of piperazine rings is 1. The fraction of sp³-hybridized carbons (Fsp3) is 0.591. The van der Waals surface area contributed by atoms with E-state index in [1.54, 1.807) is 12.1 Å². The van der Waals surface area contributed by atoms with Crippen molar-refractivity contribution >= 4 is 39.5 Å². The summed E-state index contributed by atoms with van der Waals surface area (Å²) in [7, 11) is -3.70. The van der Waals surface area contributed by atoms with Crippen molar-refractivity contribution in [1.82, 2.24) is 15.5 Å². The van der Waals surface area contributed by atoms with Crippen LogP contribution in [0.4, 0.5) is 5.69 Å².